The quantitative estimate of drug-likeness (QED) is 0.728. The molecule has 1 aliphatic rings. The van der Waals surface area contributed by atoms with Crippen molar-refractivity contribution < 1.29 is 19.0 Å². The van der Waals surface area contributed by atoms with Crippen molar-refractivity contribution in [3.8, 4) is 5.88 Å². The molecule has 6 heteroatoms. The highest BCUT2D eigenvalue weighted by molar-refractivity contribution is 5.97. The van der Waals surface area contributed by atoms with Gasteiger partial charge in [-0.15, -0.1) is 0 Å². The number of carbonyl (C=O) groups is 1. The van der Waals surface area contributed by atoms with Gasteiger partial charge in [-0.2, -0.15) is 0 Å². The van der Waals surface area contributed by atoms with E-state index in [0.717, 1.165) is 31.2 Å². The van der Waals surface area contributed by atoms with E-state index < -0.39 is 5.60 Å². The Morgan fingerprint density at radius 3 is 2.68 bits per heavy atom. The maximum Gasteiger partial charge on any atom is 0.256 e. The molecular formula is C19H30N2O4. The summed E-state index contributed by atoms with van der Waals surface area (Å²) in [6.45, 7) is 7.56. The van der Waals surface area contributed by atoms with Gasteiger partial charge in [0, 0.05) is 19.3 Å². The standard InChI is InChI=1S/C19H30N2O4/c1-5-25-19(8-6-14(2)7-9-19)18(22)21-16-12-15(3)17(20-13-16)24-11-10-23-4/h12-14H,5-11H2,1-4H3,(H,21,22). The third kappa shape index (κ3) is 5.16. The average molecular weight is 350 g/mol. The highest BCUT2D eigenvalue weighted by Crippen LogP contribution is 2.36. The van der Waals surface area contributed by atoms with E-state index in [1.807, 2.05) is 19.9 Å². The van der Waals surface area contributed by atoms with Crippen LogP contribution in [0.1, 0.15) is 45.1 Å². The summed E-state index contributed by atoms with van der Waals surface area (Å²) in [6, 6.07) is 1.87. The topological polar surface area (TPSA) is 69.7 Å². The van der Waals surface area contributed by atoms with Crippen LogP contribution in [0.25, 0.3) is 0 Å². The van der Waals surface area contributed by atoms with Crippen molar-refractivity contribution in [2.75, 3.05) is 32.2 Å². The first kappa shape index (κ1) is 19.7. The highest BCUT2D eigenvalue weighted by atomic mass is 16.5. The molecule has 1 aliphatic carbocycles. The van der Waals surface area contributed by atoms with Crippen molar-refractivity contribution in [3.63, 3.8) is 0 Å². The molecule has 1 amide bonds. The third-order valence-electron chi connectivity index (χ3n) is 4.73. The number of aryl methyl sites for hydroxylation is 1. The lowest BCUT2D eigenvalue weighted by Crippen LogP contribution is -2.48. The fourth-order valence-electron chi connectivity index (χ4n) is 3.19. The van der Waals surface area contributed by atoms with Gasteiger partial charge in [-0.3, -0.25) is 4.79 Å². The van der Waals surface area contributed by atoms with Crippen molar-refractivity contribution >= 4 is 11.6 Å². The Hall–Kier alpha value is -1.66. The minimum atomic E-state index is -0.719. The predicted molar refractivity (Wildman–Crippen MR) is 97.0 cm³/mol. The molecule has 2 rings (SSSR count). The zero-order valence-electron chi connectivity index (χ0n) is 15.8. The molecule has 0 saturated heterocycles. The van der Waals surface area contributed by atoms with Gasteiger partial charge in [0.25, 0.3) is 5.91 Å². The smallest absolute Gasteiger partial charge is 0.256 e. The summed E-state index contributed by atoms with van der Waals surface area (Å²) in [5.41, 5.74) is 0.818. The molecule has 1 heterocycles. The van der Waals surface area contributed by atoms with E-state index in [4.69, 9.17) is 14.2 Å². The van der Waals surface area contributed by atoms with Gasteiger partial charge in [0.1, 0.15) is 12.2 Å². The van der Waals surface area contributed by atoms with E-state index in [1.165, 1.54) is 0 Å². The number of carbonyl (C=O) groups excluding carboxylic acids is 1. The number of hydrogen-bond acceptors (Lipinski definition) is 5. The molecule has 0 bridgehead atoms. The van der Waals surface area contributed by atoms with E-state index in [1.54, 1.807) is 13.3 Å². The molecule has 1 aromatic rings. The Morgan fingerprint density at radius 1 is 1.36 bits per heavy atom. The summed E-state index contributed by atoms with van der Waals surface area (Å²) >= 11 is 0. The van der Waals surface area contributed by atoms with Gasteiger partial charge in [0.05, 0.1) is 18.5 Å². The van der Waals surface area contributed by atoms with Crippen LogP contribution in [-0.2, 0) is 14.3 Å². The minimum absolute atomic E-state index is 0.0736. The third-order valence-corrected chi connectivity index (χ3v) is 4.73. The number of anilines is 1. The van der Waals surface area contributed by atoms with Crippen LogP contribution in [0, 0.1) is 12.8 Å². The fraction of sp³-hybridized carbons (Fsp3) is 0.684. The number of hydrogen-bond donors (Lipinski definition) is 1. The Kier molecular flexibility index (Phi) is 7.20. The van der Waals surface area contributed by atoms with Gasteiger partial charge < -0.3 is 19.5 Å². The summed E-state index contributed by atoms with van der Waals surface area (Å²) in [5, 5.41) is 2.98. The Bertz CT molecular complexity index is 569. The average Bonchev–Trinajstić information content (AvgIpc) is 2.59. The van der Waals surface area contributed by atoms with Crippen LogP contribution in [-0.4, -0.2) is 43.4 Å². The van der Waals surface area contributed by atoms with Crippen LogP contribution in [0.15, 0.2) is 12.3 Å². The second-order valence-corrected chi connectivity index (χ2v) is 6.75. The molecule has 140 valence electrons. The number of nitrogens with one attached hydrogen (secondary N) is 1. The molecule has 0 spiro atoms. The van der Waals surface area contributed by atoms with E-state index in [9.17, 15) is 4.79 Å². The molecule has 0 radical (unpaired) electrons. The SMILES string of the molecule is CCOC1(C(=O)Nc2cnc(OCCOC)c(C)c2)CCC(C)CC1. The van der Waals surface area contributed by atoms with E-state index in [2.05, 4.69) is 17.2 Å². The number of methoxy groups -OCH3 is 1. The van der Waals surface area contributed by atoms with Gasteiger partial charge in [-0.1, -0.05) is 6.92 Å². The van der Waals surface area contributed by atoms with Gasteiger partial charge in [0.2, 0.25) is 5.88 Å². The lowest BCUT2D eigenvalue weighted by atomic mass is 9.78. The van der Waals surface area contributed by atoms with Crippen LogP contribution in [0.5, 0.6) is 5.88 Å². The summed E-state index contributed by atoms with van der Waals surface area (Å²) < 4.78 is 16.4. The first-order valence-electron chi connectivity index (χ1n) is 9.04. The number of ether oxygens (including phenoxy) is 3. The summed E-state index contributed by atoms with van der Waals surface area (Å²) in [7, 11) is 1.63. The van der Waals surface area contributed by atoms with Crippen molar-refractivity contribution in [1.29, 1.82) is 0 Å². The molecule has 1 N–H and O–H groups in total. The zero-order chi connectivity index (χ0) is 18.3. The van der Waals surface area contributed by atoms with Gasteiger partial charge in [-0.05, 0) is 51.5 Å². The van der Waals surface area contributed by atoms with E-state index in [0.29, 0.717) is 37.3 Å². The normalized spacial score (nSPS) is 23.3. The number of rotatable bonds is 8. The van der Waals surface area contributed by atoms with E-state index in [-0.39, 0.29) is 5.91 Å². The monoisotopic (exact) mass is 350 g/mol. The van der Waals surface area contributed by atoms with Gasteiger partial charge in [-0.25, -0.2) is 4.98 Å². The molecule has 1 saturated carbocycles. The summed E-state index contributed by atoms with van der Waals surface area (Å²) in [5.74, 6) is 1.13. The Labute approximate surface area is 150 Å². The van der Waals surface area contributed by atoms with Gasteiger partial charge >= 0.3 is 0 Å². The van der Waals surface area contributed by atoms with E-state index >= 15 is 0 Å². The fourth-order valence-corrected chi connectivity index (χ4v) is 3.19. The van der Waals surface area contributed by atoms with Crippen LogP contribution in [0.3, 0.4) is 0 Å². The maximum atomic E-state index is 12.9. The molecule has 0 aromatic carbocycles. The maximum absolute atomic E-state index is 12.9. The van der Waals surface area contributed by atoms with Crippen LogP contribution in [0.2, 0.25) is 0 Å². The second kappa shape index (κ2) is 9.15. The predicted octanol–water partition coefficient (Wildman–Crippen LogP) is 3.34. The second-order valence-electron chi connectivity index (χ2n) is 6.75. The van der Waals surface area contributed by atoms with Crippen molar-refractivity contribution in [2.24, 2.45) is 5.92 Å². The van der Waals surface area contributed by atoms with Crippen molar-refractivity contribution in [3.05, 3.63) is 17.8 Å². The lowest BCUT2D eigenvalue weighted by Gasteiger charge is -2.37. The number of aromatic nitrogens is 1. The molecule has 6 nitrogen and oxygen atoms in total. The van der Waals surface area contributed by atoms with Gasteiger partial charge in [0.15, 0.2) is 0 Å². The van der Waals surface area contributed by atoms with Crippen molar-refractivity contribution in [2.45, 2.75) is 52.1 Å². The number of pyridine rings is 1. The van der Waals surface area contributed by atoms with Crippen LogP contribution >= 0.6 is 0 Å². The largest absolute Gasteiger partial charge is 0.475 e. The first-order chi connectivity index (χ1) is 12.0. The Morgan fingerprint density at radius 2 is 2.08 bits per heavy atom. The minimum Gasteiger partial charge on any atom is -0.475 e. The molecule has 0 aliphatic heterocycles. The molecule has 1 aromatic heterocycles. The highest BCUT2D eigenvalue weighted by Gasteiger charge is 2.41. The Balaban J connectivity index is 2.04. The number of nitrogens with zero attached hydrogens (tertiary/aromatic N) is 1. The molecule has 0 unspecified atom stereocenters. The summed E-state index contributed by atoms with van der Waals surface area (Å²) in [4.78, 5) is 17.2. The number of amides is 1. The molecule has 25 heavy (non-hydrogen) atoms. The van der Waals surface area contributed by atoms with Crippen molar-refractivity contribution in [1.82, 2.24) is 4.98 Å². The van der Waals surface area contributed by atoms with Crippen LogP contribution < -0.4 is 10.1 Å². The molecule has 0 atom stereocenters. The van der Waals surface area contributed by atoms with Crippen LogP contribution in [0.4, 0.5) is 5.69 Å². The summed E-state index contributed by atoms with van der Waals surface area (Å²) in [6.07, 6.45) is 5.17. The molecule has 1 fully saturated rings. The first-order valence-corrected chi connectivity index (χ1v) is 9.04. The zero-order valence-corrected chi connectivity index (χ0v) is 15.8. The molecular weight excluding hydrogens is 320 g/mol. The lowest BCUT2D eigenvalue weighted by molar-refractivity contribution is -0.146.